The van der Waals surface area contributed by atoms with Crippen LogP contribution in [0.2, 0.25) is 0 Å². The smallest absolute Gasteiger partial charge is 0.256 e. The fraction of sp³-hybridized carbons (Fsp3) is 0.417. The Balaban J connectivity index is 2.22. The minimum atomic E-state index is -0.846. The number of halogens is 3. The predicted molar refractivity (Wildman–Crippen MR) is 65.4 cm³/mol. The highest BCUT2D eigenvalue weighted by Gasteiger charge is 2.28. The summed E-state index contributed by atoms with van der Waals surface area (Å²) in [5.41, 5.74) is -0.125. The molecule has 1 fully saturated rings. The molecule has 1 aromatic carbocycles. The summed E-state index contributed by atoms with van der Waals surface area (Å²) in [4.78, 5) is 13.6. The lowest BCUT2D eigenvalue weighted by molar-refractivity contribution is 0.0720. The third-order valence-corrected chi connectivity index (χ3v) is 3.61. The molecule has 1 atom stereocenters. The van der Waals surface area contributed by atoms with E-state index < -0.39 is 17.5 Å². The maximum absolute atomic E-state index is 13.6. The van der Waals surface area contributed by atoms with Crippen LogP contribution in [0.3, 0.4) is 0 Å². The summed E-state index contributed by atoms with van der Waals surface area (Å²) in [5, 5.41) is 0. The Bertz CT molecular complexity index is 481. The normalized spacial score (nSPS) is 19.3. The molecule has 0 N–H and O–H groups in total. The van der Waals surface area contributed by atoms with Gasteiger partial charge in [0.15, 0.2) is 0 Å². The van der Waals surface area contributed by atoms with Crippen molar-refractivity contribution < 1.29 is 18.3 Å². The number of amides is 1. The van der Waals surface area contributed by atoms with Crippen LogP contribution in [0.5, 0.6) is 0 Å². The maximum Gasteiger partial charge on any atom is 0.256 e. The van der Waals surface area contributed by atoms with E-state index in [1.165, 1.54) is 11.0 Å². The van der Waals surface area contributed by atoms with E-state index in [9.17, 15) is 13.6 Å². The first-order valence-electron chi connectivity index (χ1n) is 5.49. The van der Waals surface area contributed by atoms with Crippen LogP contribution >= 0.6 is 15.9 Å². The zero-order chi connectivity index (χ0) is 13.3. The molecule has 0 radical (unpaired) electrons. The number of carbonyl (C=O) groups excluding carboxylic acids is 1. The van der Waals surface area contributed by atoms with E-state index in [0.717, 1.165) is 6.42 Å². The van der Waals surface area contributed by atoms with Gasteiger partial charge < -0.3 is 9.64 Å². The first-order chi connectivity index (χ1) is 8.52. The highest BCUT2D eigenvalue weighted by Crippen LogP contribution is 2.23. The Morgan fingerprint density at radius 1 is 1.44 bits per heavy atom. The molecule has 1 unspecified atom stereocenters. The van der Waals surface area contributed by atoms with Crippen LogP contribution in [0, 0.1) is 11.6 Å². The lowest BCUT2D eigenvalue weighted by atomic mass is 10.2. The van der Waals surface area contributed by atoms with Gasteiger partial charge in [-0.15, -0.1) is 0 Å². The molecule has 1 amide bonds. The largest absolute Gasteiger partial charge is 0.380 e. The van der Waals surface area contributed by atoms with Gasteiger partial charge in [0.2, 0.25) is 0 Å². The van der Waals surface area contributed by atoms with Gasteiger partial charge in [0, 0.05) is 26.3 Å². The average molecular weight is 320 g/mol. The van der Waals surface area contributed by atoms with Crippen LogP contribution in [0.4, 0.5) is 8.78 Å². The van der Waals surface area contributed by atoms with Crippen LogP contribution in [-0.2, 0) is 4.74 Å². The second-order valence-corrected chi connectivity index (χ2v) is 5.00. The zero-order valence-electron chi connectivity index (χ0n) is 9.75. The SMILES string of the molecule is COC1CCN(C(=O)c2cc(Br)c(F)cc2F)C1. The lowest BCUT2D eigenvalue weighted by Gasteiger charge is -2.16. The van der Waals surface area contributed by atoms with Gasteiger partial charge in [-0.25, -0.2) is 8.78 Å². The number of rotatable bonds is 2. The molecule has 3 nitrogen and oxygen atoms in total. The summed E-state index contributed by atoms with van der Waals surface area (Å²) < 4.78 is 31.9. The molecule has 0 spiro atoms. The number of carbonyl (C=O) groups is 1. The molecule has 1 aliphatic heterocycles. The van der Waals surface area contributed by atoms with Crippen molar-refractivity contribution in [2.45, 2.75) is 12.5 Å². The highest BCUT2D eigenvalue weighted by atomic mass is 79.9. The summed E-state index contributed by atoms with van der Waals surface area (Å²) in [6.07, 6.45) is 0.715. The summed E-state index contributed by atoms with van der Waals surface area (Å²) in [6, 6.07) is 1.88. The number of nitrogens with zero attached hydrogens (tertiary/aromatic N) is 1. The van der Waals surface area contributed by atoms with Crippen molar-refractivity contribution in [2.24, 2.45) is 0 Å². The molecule has 1 aliphatic rings. The van der Waals surface area contributed by atoms with Crippen LogP contribution < -0.4 is 0 Å². The summed E-state index contributed by atoms with van der Waals surface area (Å²) in [7, 11) is 1.58. The number of hydrogen-bond donors (Lipinski definition) is 0. The molecule has 0 bridgehead atoms. The van der Waals surface area contributed by atoms with Crippen LogP contribution in [0.25, 0.3) is 0 Å². The van der Waals surface area contributed by atoms with Gasteiger partial charge in [-0.2, -0.15) is 0 Å². The highest BCUT2D eigenvalue weighted by molar-refractivity contribution is 9.10. The molecule has 0 saturated carbocycles. The van der Waals surface area contributed by atoms with Gasteiger partial charge in [0.05, 0.1) is 16.1 Å². The Hall–Kier alpha value is -1.01. The summed E-state index contributed by atoms with van der Waals surface area (Å²) in [6.45, 7) is 0.954. The van der Waals surface area contributed by atoms with Crippen molar-refractivity contribution in [2.75, 3.05) is 20.2 Å². The summed E-state index contributed by atoms with van der Waals surface area (Å²) >= 11 is 2.95. The first-order valence-corrected chi connectivity index (χ1v) is 6.29. The number of likely N-dealkylation sites (tertiary alicyclic amines) is 1. The van der Waals surface area contributed by atoms with Gasteiger partial charge >= 0.3 is 0 Å². The number of methoxy groups -OCH3 is 1. The van der Waals surface area contributed by atoms with Gasteiger partial charge in [0.1, 0.15) is 11.6 Å². The maximum atomic E-state index is 13.6. The standard InChI is InChI=1S/C12H12BrF2NO2/c1-18-7-2-3-16(6-7)12(17)8-4-9(13)11(15)5-10(8)14/h4-5,7H,2-3,6H2,1H3. The molecule has 98 valence electrons. The minimum absolute atomic E-state index is 0.0131. The molecular weight excluding hydrogens is 308 g/mol. The Morgan fingerprint density at radius 2 is 2.17 bits per heavy atom. The predicted octanol–water partition coefficient (Wildman–Crippen LogP) is 2.59. The first kappa shape index (κ1) is 13.4. The van der Waals surface area contributed by atoms with Crippen molar-refractivity contribution in [1.82, 2.24) is 4.90 Å². The molecule has 1 aromatic rings. The van der Waals surface area contributed by atoms with Gasteiger partial charge in [-0.3, -0.25) is 4.79 Å². The molecule has 1 heterocycles. The molecular formula is C12H12BrF2NO2. The third kappa shape index (κ3) is 2.54. The van der Waals surface area contributed by atoms with Gasteiger partial charge in [0.25, 0.3) is 5.91 Å². The topological polar surface area (TPSA) is 29.5 Å². The molecule has 0 aromatic heterocycles. The monoisotopic (exact) mass is 319 g/mol. The fourth-order valence-corrected chi connectivity index (χ4v) is 2.31. The van der Waals surface area contributed by atoms with Crippen LogP contribution in [0.15, 0.2) is 16.6 Å². The van der Waals surface area contributed by atoms with E-state index in [4.69, 9.17) is 4.74 Å². The number of benzene rings is 1. The van der Waals surface area contributed by atoms with E-state index >= 15 is 0 Å². The van der Waals surface area contributed by atoms with E-state index in [2.05, 4.69) is 15.9 Å². The van der Waals surface area contributed by atoms with Crippen molar-refractivity contribution >= 4 is 21.8 Å². The lowest BCUT2D eigenvalue weighted by Crippen LogP contribution is -2.30. The quantitative estimate of drug-likeness (QED) is 0.784. The third-order valence-electron chi connectivity index (χ3n) is 3.01. The molecule has 0 aliphatic carbocycles. The van der Waals surface area contributed by atoms with Gasteiger partial charge in [-0.05, 0) is 28.4 Å². The van der Waals surface area contributed by atoms with E-state index in [0.29, 0.717) is 19.2 Å². The van der Waals surface area contributed by atoms with E-state index in [1.807, 2.05) is 0 Å². The second-order valence-electron chi connectivity index (χ2n) is 4.14. The molecule has 18 heavy (non-hydrogen) atoms. The van der Waals surface area contributed by atoms with E-state index in [-0.39, 0.29) is 16.1 Å². The van der Waals surface area contributed by atoms with Crippen LogP contribution in [0.1, 0.15) is 16.8 Å². The Morgan fingerprint density at radius 3 is 2.78 bits per heavy atom. The average Bonchev–Trinajstić information content (AvgIpc) is 2.81. The molecule has 6 heteroatoms. The fourth-order valence-electron chi connectivity index (χ4n) is 1.96. The van der Waals surface area contributed by atoms with Gasteiger partial charge in [-0.1, -0.05) is 0 Å². The molecule has 2 rings (SSSR count). The zero-order valence-corrected chi connectivity index (χ0v) is 11.3. The van der Waals surface area contributed by atoms with Crippen molar-refractivity contribution in [1.29, 1.82) is 0 Å². The second kappa shape index (κ2) is 5.32. The Labute approximate surface area is 112 Å². The van der Waals surface area contributed by atoms with E-state index in [1.54, 1.807) is 7.11 Å². The molecule has 1 saturated heterocycles. The van der Waals surface area contributed by atoms with Crippen molar-refractivity contribution in [3.05, 3.63) is 33.8 Å². The Kier molecular flexibility index (Phi) is 3.97. The van der Waals surface area contributed by atoms with Crippen LogP contribution in [-0.4, -0.2) is 37.1 Å². The van der Waals surface area contributed by atoms with Crippen molar-refractivity contribution in [3.63, 3.8) is 0 Å². The summed E-state index contributed by atoms with van der Waals surface area (Å²) in [5.74, 6) is -2.01. The van der Waals surface area contributed by atoms with Crippen molar-refractivity contribution in [3.8, 4) is 0 Å². The number of hydrogen-bond acceptors (Lipinski definition) is 2. The minimum Gasteiger partial charge on any atom is -0.380 e. The number of ether oxygens (including phenoxy) is 1.